The van der Waals surface area contributed by atoms with Crippen LogP contribution in [0.3, 0.4) is 0 Å². The van der Waals surface area contributed by atoms with Gasteiger partial charge >= 0.3 is 5.69 Å². The maximum Gasteiger partial charge on any atom is 0.311 e. The standard InChI is InChI=1S/C14H21N3O4/c1-3-16(4-2)10-6-9-15-14(19)11-7-5-8-12(13(11)18)17(20)21/h5,7-8,18H,3-4,6,9-10H2,1-2H3,(H,15,19). The van der Waals surface area contributed by atoms with E-state index in [1.807, 2.05) is 0 Å². The Balaban J connectivity index is 2.57. The van der Waals surface area contributed by atoms with Crippen LogP contribution in [0.5, 0.6) is 5.75 Å². The number of phenols is 1. The number of phenolic OH excluding ortho intramolecular Hbond substituents is 1. The van der Waals surface area contributed by atoms with Crippen LogP contribution < -0.4 is 5.32 Å². The lowest BCUT2D eigenvalue weighted by atomic mass is 10.1. The number of carbonyl (C=O) groups excluding carboxylic acids is 1. The molecule has 7 nitrogen and oxygen atoms in total. The van der Waals surface area contributed by atoms with Crippen molar-refractivity contribution in [3.8, 4) is 5.75 Å². The molecule has 1 aromatic rings. The van der Waals surface area contributed by atoms with Gasteiger partial charge in [-0.25, -0.2) is 0 Å². The van der Waals surface area contributed by atoms with Gasteiger partial charge in [0.05, 0.1) is 10.5 Å². The monoisotopic (exact) mass is 295 g/mol. The fourth-order valence-electron chi connectivity index (χ4n) is 2.00. The number of hydrogen-bond donors (Lipinski definition) is 2. The van der Waals surface area contributed by atoms with Crippen molar-refractivity contribution in [2.24, 2.45) is 0 Å². The molecule has 2 N–H and O–H groups in total. The second-order valence-corrected chi connectivity index (χ2v) is 4.57. The summed E-state index contributed by atoms with van der Waals surface area (Å²) in [5.41, 5.74) is -0.544. The van der Waals surface area contributed by atoms with E-state index in [2.05, 4.69) is 24.1 Å². The summed E-state index contributed by atoms with van der Waals surface area (Å²) in [6.07, 6.45) is 0.781. The molecule has 1 rings (SSSR count). The van der Waals surface area contributed by atoms with Crippen molar-refractivity contribution in [1.82, 2.24) is 10.2 Å². The molecule has 116 valence electrons. The zero-order chi connectivity index (χ0) is 15.8. The van der Waals surface area contributed by atoms with E-state index in [4.69, 9.17) is 0 Å². The Morgan fingerprint density at radius 3 is 2.62 bits per heavy atom. The summed E-state index contributed by atoms with van der Waals surface area (Å²) < 4.78 is 0. The molecule has 7 heteroatoms. The predicted octanol–water partition coefficient (Wildman–Crippen LogP) is 1.76. The van der Waals surface area contributed by atoms with Crippen molar-refractivity contribution in [3.63, 3.8) is 0 Å². The Morgan fingerprint density at radius 2 is 2.05 bits per heavy atom. The van der Waals surface area contributed by atoms with Crippen molar-refractivity contribution >= 4 is 11.6 Å². The fourth-order valence-corrected chi connectivity index (χ4v) is 2.00. The minimum absolute atomic E-state index is 0.0768. The van der Waals surface area contributed by atoms with Gasteiger partial charge in [0.1, 0.15) is 0 Å². The van der Waals surface area contributed by atoms with Crippen LogP contribution in [0.2, 0.25) is 0 Å². The lowest BCUT2D eigenvalue weighted by Crippen LogP contribution is -2.30. The molecule has 21 heavy (non-hydrogen) atoms. The van der Waals surface area contributed by atoms with E-state index in [9.17, 15) is 20.0 Å². The zero-order valence-corrected chi connectivity index (χ0v) is 12.3. The van der Waals surface area contributed by atoms with Gasteiger partial charge in [-0.3, -0.25) is 14.9 Å². The Bertz CT molecular complexity index is 501. The minimum Gasteiger partial charge on any atom is -0.502 e. The molecule has 0 aliphatic heterocycles. The number of benzene rings is 1. The second kappa shape index (κ2) is 8.21. The van der Waals surface area contributed by atoms with Crippen LogP contribution in [0.1, 0.15) is 30.6 Å². The van der Waals surface area contributed by atoms with Crippen LogP contribution in [0.4, 0.5) is 5.69 Å². The van der Waals surface area contributed by atoms with Crippen molar-refractivity contribution in [2.75, 3.05) is 26.2 Å². The van der Waals surface area contributed by atoms with Crippen LogP contribution in [0.15, 0.2) is 18.2 Å². The van der Waals surface area contributed by atoms with E-state index in [0.29, 0.717) is 6.54 Å². The maximum absolute atomic E-state index is 11.9. The number of carbonyl (C=O) groups is 1. The highest BCUT2D eigenvalue weighted by molar-refractivity contribution is 5.98. The number of rotatable bonds is 8. The SMILES string of the molecule is CCN(CC)CCCNC(=O)c1cccc([N+](=O)[O-])c1O. The van der Waals surface area contributed by atoms with Crippen LogP contribution in [0, 0.1) is 10.1 Å². The molecule has 0 atom stereocenters. The number of nitrogens with one attached hydrogen (secondary N) is 1. The maximum atomic E-state index is 11.9. The van der Waals surface area contributed by atoms with E-state index < -0.39 is 22.3 Å². The lowest BCUT2D eigenvalue weighted by molar-refractivity contribution is -0.385. The van der Waals surface area contributed by atoms with Gasteiger partial charge in [-0.1, -0.05) is 19.9 Å². The number of nitrogens with zero attached hydrogens (tertiary/aromatic N) is 2. The van der Waals surface area contributed by atoms with Gasteiger partial charge in [0.25, 0.3) is 5.91 Å². The highest BCUT2D eigenvalue weighted by atomic mass is 16.6. The molecule has 0 unspecified atom stereocenters. The van der Waals surface area contributed by atoms with Crippen molar-refractivity contribution in [1.29, 1.82) is 0 Å². The first kappa shape index (κ1) is 16.9. The summed E-state index contributed by atoms with van der Waals surface area (Å²) in [5, 5.41) is 23.1. The number of hydrogen-bond acceptors (Lipinski definition) is 5. The fraction of sp³-hybridized carbons (Fsp3) is 0.500. The third-order valence-electron chi connectivity index (χ3n) is 3.29. The molecule has 0 aliphatic carbocycles. The molecule has 0 fully saturated rings. The average Bonchev–Trinajstić information content (AvgIpc) is 2.47. The molecule has 1 amide bonds. The number of para-hydroxylation sites is 1. The summed E-state index contributed by atoms with van der Waals surface area (Å²) in [5.74, 6) is -1.10. The molecule has 0 heterocycles. The van der Waals surface area contributed by atoms with E-state index >= 15 is 0 Å². The van der Waals surface area contributed by atoms with Gasteiger partial charge in [-0.05, 0) is 32.1 Å². The Hall–Kier alpha value is -2.15. The minimum atomic E-state index is -0.716. The van der Waals surface area contributed by atoms with Crippen LogP contribution in [0.25, 0.3) is 0 Å². The van der Waals surface area contributed by atoms with E-state index in [-0.39, 0.29) is 5.56 Å². The van der Waals surface area contributed by atoms with Gasteiger partial charge in [-0.15, -0.1) is 0 Å². The third-order valence-corrected chi connectivity index (χ3v) is 3.29. The quantitative estimate of drug-likeness (QED) is 0.433. The van der Waals surface area contributed by atoms with Crippen LogP contribution in [-0.4, -0.2) is 47.0 Å². The summed E-state index contributed by atoms with van der Waals surface area (Å²) in [6.45, 7) is 7.38. The van der Waals surface area contributed by atoms with Gasteiger partial charge < -0.3 is 15.3 Å². The van der Waals surface area contributed by atoms with Crippen molar-refractivity contribution in [3.05, 3.63) is 33.9 Å². The number of amides is 1. The molecule has 0 radical (unpaired) electrons. The van der Waals surface area contributed by atoms with E-state index in [0.717, 1.165) is 32.1 Å². The van der Waals surface area contributed by atoms with Crippen LogP contribution >= 0.6 is 0 Å². The molecule has 0 spiro atoms. The molecule has 1 aromatic carbocycles. The van der Waals surface area contributed by atoms with Gasteiger partial charge in [0, 0.05) is 12.6 Å². The molecular formula is C14H21N3O4. The van der Waals surface area contributed by atoms with Crippen molar-refractivity contribution in [2.45, 2.75) is 20.3 Å². The molecule has 0 bridgehead atoms. The van der Waals surface area contributed by atoms with E-state index in [1.165, 1.54) is 12.1 Å². The molecule has 0 saturated heterocycles. The third kappa shape index (κ3) is 4.71. The Kier molecular flexibility index (Phi) is 6.61. The molecular weight excluding hydrogens is 274 g/mol. The summed E-state index contributed by atoms with van der Waals surface area (Å²) >= 11 is 0. The van der Waals surface area contributed by atoms with E-state index in [1.54, 1.807) is 0 Å². The number of nitro groups is 1. The predicted molar refractivity (Wildman–Crippen MR) is 79.5 cm³/mol. The smallest absolute Gasteiger partial charge is 0.311 e. The average molecular weight is 295 g/mol. The zero-order valence-electron chi connectivity index (χ0n) is 12.3. The summed E-state index contributed by atoms with van der Waals surface area (Å²) in [4.78, 5) is 24.1. The molecule has 0 aliphatic rings. The summed E-state index contributed by atoms with van der Waals surface area (Å²) in [7, 11) is 0. The highest BCUT2D eigenvalue weighted by Crippen LogP contribution is 2.28. The molecule has 0 saturated carbocycles. The lowest BCUT2D eigenvalue weighted by Gasteiger charge is -2.17. The molecule has 0 aromatic heterocycles. The van der Waals surface area contributed by atoms with Crippen molar-refractivity contribution < 1.29 is 14.8 Å². The van der Waals surface area contributed by atoms with Crippen LogP contribution in [-0.2, 0) is 0 Å². The summed E-state index contributed by atoms with van der Waals surface area (Å²) in [6, 6.07) is 3.90. The second-order valence-electron chi connectivity index (χ2n) is 4.57. The normalized spacial score (nSPS) is 10.6. The number of nitro benzene ring substituents is 1. The number of aromatic hydroxyl groups is 1. The first-order valence-electron chi connectivity index (χ1n) is 6.98. The Morgan fingerprint density at radius 1 is 1.38 bits per heavy atom. The Labute approximate surface area is 123 Å². The topological polar surface area (TPSA) is 95.7 Å². The first-order chi connectivity index (χ1) is 10.0. The van der Waals surface area contributed by atoms with Gasteiger partial charge in [0.2, 0.25) is 5.75 Å². The largest absolute Gasteiger partial charge is 0.502 e. The highest BCUT2D eigenvalue weighted by Gasteiger charge is 2.20. The van der Waals surface area contributed by atoms with Gasteiger partial charge in [-0.2, -0.15) is 0 Å². The van der Waals surface area contributed by atoms with Gasteiger partial charge in [0.15, 0.2) is 0 Å². The first-order valence-corrected chi connectivity index (χ1v) is 6.98.